The Morgan fingerprint density at radius 3 is 2.74 bits per heavy atom. The molecule has 3 aromatic rings. The van der Waals surface area contributed by atoms with Crippen molar-refractivity contribution in [2.45, 2.75) is 13.5 Å². The molecule has 0 atom stereocenters. The summed E-state index contributed by atoms with van der Waals surface area (Å²) in [6.07, 6.45) is 1.73. The Morgan fingerprint density at radius 1 is 1.17 bits per heavy atom. The van der Waals surface area contributed by atoms with Gasteiger partial charge < -0.3 is 10.2 Å². The van der Waals surface area contributed by atoms with Gasteiger partial charge in [-0.15, -0.1) is 0 Å². The van der Waals surface area contributed by atoms with Crippen molar-refractivity contribution in [2.24, 2.45) is 0 Å². The summed E-state index contributed by atoms with van der Waals surface area (Å²) in [6.45, 7) is 2.52. The van der Waals surface area contributed by atoms with Gasteiger partial charge in [-0.1, -0.05) is 28.1 Å². The number of hydrogen-bond acceptors (Lipinski definition) is 6. The van der Waals surface area contributed by atoms with Crippen molar-refractivity contribution < 1.29 is 0 Å². The van der Waals surface area contributed by atoms with Crippen LogP contribution in [0.4, 0.5) is 11.8 Å². The van der Waals surface area contributed by atoms with E-state index in [0.717, 1.165) is 26.9 Å². The molecule has 0 fully saturated rings. The standard InChI is InChI=1S/C16H17BrN6/c1-10-20-13-9-19-16(23(2)3)22-14(13)15(21-10)18-8-11-5-4-6-12(17)7-11/h4-7,9H,8H2,1-3H3,(H,18,20,21). The Bertz CT molecular complexity index is 849. The van der Waals surface area contributed by atoms with Crippen LogP contribution in [0.2, 0.25) is 0 Å². The maximum Gasteiger partial charge on any atom is 0.225 e. The second-order valence-electron chi connectivity index (χ2n) is 5.40. The fourth-order valence-corrected chi connectivity index (χ4v) is 2.65. The van der Waals surface area contributed by atoms with Crippen molar-refractivity contribution in [3.63, 3.8) is 0 Å². The molecule has 0 saturated heterocycles. The molecular formula is C16H17BrN6. The van der Waals surface area contributed by atoms with Gasteiger partial charge in [0.25, 0.3) is 0 Å². The summed E-state index contributed by atoms with van der Waals surface area (Å²) in [6, 6.07) is 8.15. The summed E-state index contributed by atoms with van der Waals surface area (Å²) in [5, 5.41) is 3.36. The molecular weight excluding hydrogens is 356 g/mol. The highest BCUT2D eigenvalue weighted by Gasteiger charge is 2.10. The highest BCUT2D eigenvalue weighted by Crippen LogP contribution is 2.21. The van der Waals surface area contributed by atoms with Crippen LogP contribution in [0.3, 0.4) is 0 Å². The molecule has 0 aliphatic rings. The fourth-order valence-electron chi connectivity index (χ4n) is 2.21. The Balaban J connectivity index is 1.96. The Hall–Kier alpha value is -2.28. The van der Waals surface area contributed by atoms with Crippen LogP contribution in [0.25, 0.3) is 11.0 Å². The van der Waals surface area contributed by atoms with E-state index >= 15 is 0 Å². The molecule has 0 saturated carbocycles. The van der Waals surface area contributed by atoms with Crippen LogP contribution >= 0.6 is 15.9 Å². The van der Waals surface area contributed by atoms with Crippen molar-refractivity contribution in [1.29, 1.82) is 0 Å². The number of aryl methyl sites for hydroxylation is 1. The number of halogens is 1. The van der Waals surface area contributed by atoms with E-state index in [1.807, 2.05) is 38.1 Å². The molecule has 0 unspecified atom stereocenters. The number of nitrogens with zero attached hydrogens (tertiary/aromatic N) is 5. The number of benzene rings is 1. The Morgan fingerprint density at radius 2 is 2.00 bits per heavy atom. The maximum atomic E-state index is 4.56. The zero-order valence-electron chi connectivity index (χ0n) is 13.2. The second kappa shape index (κ2) is 6.45. The van der Waals surface area contributed by atoms with Gasteiger partial charge in [0.05, 0.1) is 6.20 Å². The Kier molecular flexibility index (Phi) is 4.38. The van der Waals surface area contributed by atoms with Crippen LogP contribution in [0.1, 0.15) is 11.4 Å². The molecule has 23 heavy (non-hydrogen) atoms. The molecule has 3 rings (SSSR count). The molecule has 0 aliphatic heterocycles. The van der Waals surface area contributed by atoms with Gasteiger partial charge in [0.1, 0.15) is 16.9 Å². The number of rotatable bonds is 4. The first-order chi connectivity index (χ1) is 11.0. The molecule has 6 nitrogen and oxygen atoms in total. The van der Waals surface area contributed by atoms with E-state index in [9.17, 15) is 0 Å². The molecule has 118 valence electrons. The average Bonchev–Trinajstić information content (AvgIpc) is 2.52. The summed E-state index contributed by atoms with van der Waals surface area (Å²) in [5.41, 5.74) is 2.62. The predicted molar refractivity (Wildman–Crippen MR) is 95.7 cm³/mol. The van der Waals surface area contributed by atoms with Gasteiger partial charge in [-0.25, -0.2) is 19.9 Å². The van der Waals surface area contributed by atoms with Crippen LogP contribution in [0.5, 0.6) is 0 Å². The van der Waals surface area contributed by atoms with E-state index in [4.69, 9.17) is 0 Å². The van der Waals surface area contributed by atoms with Gasteiger partial charge in [0.2, 0.25) is 5.95 Å². The number of aromatic nitrogens is 4. The minimum absolute atomic E-state index is 0.635. The van der Waals surface area contributed by atoms with E-state index in [2.05, 4.69) is 53.3 Å². The zero-order chi connectivity index (χ0) is 16.4. The first kappa shape index (κ1) is 15.6. The van der Waals surface area contributed by atoms with Crippen molar-refractivity contribution in [3.05, 3.63) is 46.3 Å². The molecule has 7 heteroatoms. The van der Waals surface area contributed by atoms with Crippen LogP contribution in [0.15, 0.2) is 34.9 Å². The second-order valence-corrected chi connectivity index (χ2v) is 6.32. The SMILES string of the molecule is Cc1nc(NCc2cccc(Br)c2)c2nc(N(C)C)ncc2n1. The predicted octanol–water partition coefficient (Wildman–Crippen LogP) is 3.17. The molecule has 0 aliphatic carbocycles. The summed E-state index contributed by atoms with van der Waals surface area (Å²) in [4.78, 5) is 19.6. The third-order valence-electron chi connectivity index (χ3n) is 3.29. The zero-order valence-corrected chi connectivity index (χ0v) is 14.8. The normalized spacial score (nSPS) is 10.8. The molecule has 0 spiro atoms. The molecule has 0 amide bonds. The van der Waals surface area contributed by atoms with Gasteiger partial charge in [-0.2, -0.15) is 0 Å². The number of anilines is 2. The average molecular weight is 373 g/mol. The van der Waals surface area contributed by atoms with Gasteiger partial charge >= 0.3 is 0 Å². The topological polar surface area (TPSA) is 66.8 Å². The van der Waals surface area contributed by atoms with Crippen molar-refractivity contribution in [2.75, 3.05) is 24.3 Å². The molecule has 0 radical (unpaired) electrons. The molecule has 2 aromatic heterocycles. The smallest absolute Gasteiger partial charge is 0.225 e. The lowest BCUT2D eigenvalue weighted by molar-refractivity contribution is 0.992. The number of hydrogen-bond donors (Lipinski definition) is 1. The van der Waals surface area contributed by atoms with E-state index < -0.39 is 0 Å². The molecule has 1 N–H and O–H groups in total. The third kappa shape index (κ3) is 3.56. The van der Waals surface area contributed by atoms with Crippen LogP contribution in [0, 0.1) is 6.92 Å². The fraction of sp³-hybridized carbons (Fsp3) is 0.250. The third-order valence-corrected chi connectivity index (χ3v) is 3.78. The molecule has 1 aromatic carbocycles. The first-order valence-corrected chi connectivity index (χ1v) is 7.99. The highest BCUT2D eigenvalue weighted by molar-refractivity contribution is 9.10. The van der Waals surface area contributed by atoms with Crippen molar-refractivity contribution >= 4 is 38.7 Å². The lowest BCUT2D eigenvalue weighted by Crippen LogP contribution is -2.13. The molecule has 2 heterocycles. The minimum atomic E-state index is 0.635. The maximum absolute atomic E-state index is 4.56. The number of fused-ring (bicyclic) bond motifs is 1. The Labute approximate surface area is 143 Å². The number of nitrogens with one attached hydrogen (secondary N) is 1. The van der Waals surface area contributed by atoms with Gasteiger partial charge in [-0.05, 0) is 24.6 Å². The van der Waals surface area contributed by atoms with E-state index in [1.165, 1.54) is 0 Å². The summed E-state index contributed by atoms with van der Waals surface area (Å²) in [7, 11) is 3.82. The van der Waals surface area contributed by atoms with Crippen molar-refractivity contribution in [1.82, 2.24) is 19.9 Å². The van der Waals surface area contributed by atoms with Gasteiger partial charge in [-0.3, -0.25) is 0 Å². The van der Waals surface area contributed by atoms with E-state index in [1.54, 1.807) is 6.20 Å². The van der Waals surface area contributed by atoms with Crippen LogP contribution in [-0.4, -0.2) is 34.0 Å². The lowest BCUT2D eigenvalue weighted by atomic mass is 10.2. The largest absolute Gasteiger partial charge is 0.364 e. The molecule has 0 bridgehead atoms. The van der Waals surface area contributed by atoms with Crippen LogP contribution in [-0.2, 0) is 6.54 Å². The lowest BCUT2D eigenvalue weighted by Gasteiger charge is -2.13. The van der Waals surface area contributed by atoms with Crippen LogP contribution < -0.4 is 10.2 Å². The van der Waals surface area contributed by atoms with Crippen molar-refractivity contribution in [3.8, 4) is 0 Å². The summed E-state index contributed by atoms with van der Waals surface area (Å²) in [5.74, 6) is 2.05. The highest BCUT2D eigenvalue weighted by atomic mass is 79.9. The minimum Gasteiger partial charge on any atom is -0.364 e. The van der Waals surface area contributed by atoms with Gasteiger partial charge in [0, 0.05) is 25.1 Å². The summed E-state index contributed by atoms with van der Waals surface area (Å²) >= 11 is 3.49. The van der Waals surface area contributed by atoms with E-state index in [-0.39, 0.29) is 0 Å². The monoisotopic (exact) mass is 372 g/mol. The van der Waals surface area contributed by atoms with Gasteiger partial charge in [0.15, 0.2) is 5.82 Å². The summed E-state index contributed by atoms with van der Waals surface area (Å²) < 4.78 is 1.05. The quantitative estimate of drug-likeness (QED) is 0.758. The first-order valence-electron chi connectivity index (χ1n) is 7.20. The van der Waals surface area contributed by atoms with E-state index in [0.29, 0.717) is 18.3 Å².